The largest absolute Gasteiger partial charge is 0.465 e. The summed E-state index contributed by atoms with van der Waals surface area (Å²) >= 11 is 0. The van der Waals surface area contributed by atoms with Crippen molar-refractivity contribution in [3.8, 4) is 0 Å². The Morgan fingerprint density at radius 3 is 2.17 bits per heavy atom. The number of hydrogen-bond donors (Lipinski definition) is 1. The maximum atomic E-state index is 11.6. The van der Waals surface area contributed by atoms with Crippen LogP contribution in [-0.2, 0) is 4.74 Å². The van der Waals surface area contributed by atoms with Gasteiger partial charge in [0.25, 0.3) is 0 Å². The van der Waals surface area contributed by atoms with E-state index in [9.17, 15) is 9.90 Å². The van der Waals surface area contributed by atoms with Gasteiger partial charge in [-0.1, -0.05) is 6.92 Å². The molecule has 2 rings (SSSR count). The highest BCUT2D eigenvalue weighted by Gasteiger charge is 2.36. The second-order valence-corrected chi connectivity index (χ2v) is 8.39. The number of nitrogens with zero attached hydrogens (tertiary/aromatic N) is 2. The molecule has 1 heterocycles. The second kappa shape index (κ2) is 8.52. The van der Waals surface area contributed by atoms with Crippen molar-refractivity contribution in [3.63, 3.8) is 0 Å². The molecule has 0 unspecified atom stereocenters. The molecule has 0 atom stereocenters. The third-order valence-corrected chi connectivity index (χ3v) is 5.51. The van der Waals surface area contributed by atoms with Crippen LogP contribution in [0.1, 0.15) is 72.6 Å². The zero-order valence-corrected chi connectivity index (χ0v) is 16.0. The fraction of sp³-hybridized carbons (Fsp3) is 0.947. The molecular weight excluding hydrogens is 304 g/mol. The van der Waals surface area contributed by atoms with Gasteiger partial charge in [-0.05, 0) is 65.7 Å². The van der Waals surface area contributed by atoms with Crippen molar-refractivity contribution in [2.24, 2.45) is 0 Å². The molecule has 1 saturated carbocycles. The number of carbonyl (C=O) groups is 1. The summed E-state index contributed by atoms with van der Waals surface area (Å²) in [5.74, 6) is 0. The van der Waals surface area contributed by atoms with E-state index in [1.54, 1.807) is 4.90 Å². The molecule has 5 heteroatoms. The minimum Gasteiger partial charge on any atom is -0.465 e. The average Bonchev–Trinajstić information content (AvgIpc) is 2.52. The Morgan fingerprint density at radius 1 is 1.12 bits per heavy atom. The van der Waals surface area contributed by atoms with Crippen molar-refractivity contribution in [1.82, 2.24) is 9.80 Å². The van der Waals surface area contributed by atoms with Crippen LogP contribution >= 0.6 is 0 Å². The van der Waals surface area contributed by atoms with Gasteiger partial charge in [0.15, 0.2) is 0 Å². The Hall–Kier alpha value is -0.810. The Bertz CT molecular complexity index is 392. The first-order chi connectivity index (χ1) is 11.3. The van der Waals surface area contributed by atoms with Gasteiger partial charge in [-0.2, -0.15) is 0 Å². The fourth-order valence-electron chi connectivity index (χ4n) is 4.36. The summed E-state index contributed by atoms with van der Waals surface area (Å²) in [4.78, 5) is 15.9. The van der Waals surface area contributed by atoms with Crippen molar-refractivity contribution in [1.29, 1.82) is 0 Å². The highest BCUT2D eigenvalue weighted by molar-refractivity contribution is 5.66. The topological polar surface area (TPSA) is 53.0 Å². The molecule has 0 radical (unpaired) electrons. The smallest absolute Gasteiger partial charge is 0.407 e. The summed E-state index contributed by atoms with van der Waals surface area (Å²) in [6.07, 6.45) is 7.48. The van der Waals surface area contributed by atoms with Crippen LogP contribution in [0, 0.1) is 0 Å². The molecule has 1 aliphatic carbocycles. The number of amides is 1. The number of carboxylic acid groups (broad SMARTS) is 1. The van der Waals surface area contributed by atoms with Crippen LogP contribution < -0.4 is 0 Å². The van der Waals surface area contributed by atoms with Crippen LogP contribution in [0.25, 0.3) is 0 Å². The van der Waals surface area contributed by atoms with Crippen molar-refractivity contribution in [2.45, 2.75) is 96.4 Å². The number of likely N-dealkylation sites (tertiary alicyclic amines) is 1. The molecular formula is C19H36N2O3. The highest BCUT2D eigenvalue weighted by atomic mass is 16.5. The number of ether oxygens (including phenoxy) is 1. The summed E-state index contributed by atoms with van der Waals surface area (Å²) in [6, 6.07) is 0.823. The average molecular weight is 341 g/mol. The lowest BCUT2D eigenvalue weighted by atomic mass is 9.89. The minimum absolute atomic E-state index is 0.156. The van der Waals surface area contributed by atoms with Gasteiger partial charge >= 0.3 is 6.09 Å². The van der Waals surface area contributed by atoms with Gasteiger partial charge in [0.1, 0.15) is 0 Å². The van der Waals surface area contributed by atoms with Gasteiger partial charge in [-0.15, -0.1) is 0 Å². The van der Waals surface area contributed by atoms with Crippen LogP contribution in [0.2, 0.25) is 0 Å². The monoisotopic (exact) mass is 340 g/mol. The molecule has 24 heavy (non-hydrogen) atoms. The van der Waals surface area contributed by atoms with E-state index in [0.29, 0.717) is 12.1 Å². The number of piperidine rings is 1. The third-order valence-electron chi connectivity index (χ3n) is 5.51. The molecule has 1 amide bonds. The van der Waals surface area contributed by atoms with Crippen molar-refractivity contribution >= 4 is 6.09 Å². The van der Waals surface area contributed by atoms with E-state index < -0.39 is 6.09 Å². The van der Waals surface area contributed by atoms with Gasteiger partial charge in [0.2, 0.25) is 0 Å². The molecule has 2 aliphatic rings. The Morgan fingerprint density at radius 2 is 1.71 bits per heavy atom. The summed E-state index contributed by atoms with van der Waals surface area (Å²) in [7, 11) is 0. The zero-order valence-electron chi connectivity index (χ0n) is 16.0. The minimum atomic E-state index is -0.783. The summed E-state index contributed by atoms with van der Waals surface area (Å²) in [5.41, 5.74) is -0.326. The van der Waals surface area contributed by atoms with E-state index >= 15 is 0 Å². The Kier molecular flexibility index (Phi) is 6.93. The first-order valence-corrected chi connectivity index (χ1v) is 9.70. The predicted octanol–water partition coefficient (Wildman–Crippen LogP) is 3.97. The van der Waals surface area contributed by atoms with Crippen molar-refractivity contribution in [3.05, 3.63) is 0 Å². The maximum Gasteiger partial charge on any atom is 0.407 e. The van der Waals surface area contributed by atoms with Gasteiger partial charge < -0.3 is 19.6 Å². The maximum absolute atomic E-state index is 11.6. The van der Waals surface area contributed by atoms with Crippen LogP contribution in [0.3, 0.4) is 0 Å². The molecule has 0 aromatic heterocycles. The predicted molar refractivity (Wildman–Crippen MR) is 96.5 cm³/mol. The van der Waals surface area contributed by atoms with Gasteiger partial charge in [-0.25, -0.2) is 4.79 Å². The summed E-state index contributed by atoms with van der Waals surface area (Å²) in [6.45, 7) is 11.1. The van der Waals surface area contributed by atoms with E-state index in [1.807, 2.05) is 20.8 Å². The lowest BCUT2D eigenvalue weighted by Gasteiger charge is -2.46. The highest BCUT2D eigenvalue weighted by Crippen LogP contribution is 2.30. The molecule has 0 bridgehead atoms. The quantitative estimate of drug-likeness (QED) is 0.823. The van der Waals surface area contributed by atoms with Crippen LogP contribution in [0.4, 0.5) is 4.79 Å². The zero-order chi connectivity index (χ0) is 17.7. The van der Waals surface area contributed by atoms with E-state index in [0.717, 1.165) is 39.0 Å². The summed E-state index contributed by atoms with van der Waals surface area (Å²) < 4.78 is 5.89. The van der Waals surface area contributed by atoms with Gasteiger partial charge in [0, 0.05) is 37.3 Å². The number of hydrogen-bond acceptors (Lipinski definition) is 3. The van der Waals surface area contributed by atoms with E-state index in [2.05, 4.69) is 11.8 Å². The molecule has 1 aliphatic heterocycles. The standard InChI is InChI=1S/C19H36N2O3/c1-5-14-24-17-8-6-15(7-9-17)20-12-10-16(11-13-20)21(18(22)23)19(2,3)4/h15-17H,5-14H2,1-4H3,(H,22,23)/t15-,17+. The molecule has 0 aromatic rings. The van der Waals surface area contributed by atoms with Gasteiger partial charge in [0.05, 0.1) is 6.10 Å². The third kappa shape index (κ3) is 5.09. The lowest BCUT2D eigenvalue weighted by molar-refractivity contribution is -0.00612. The fourth-order valence-corrected chi connectivity index (χ4v) is 4.36. The van der Waals surface area contributed by atoms with Gasteiger partial charge in [-0.3, -0.25) is 0 Å². The first kappa shape index (κ1) is 19.5. The van der Waals surface area contributed by atoms with Crippen molar-refractivity contribution < 1.29 is 14.6 Å². The van der Waals surface area contributed by atoms with E-state index in [-0.39, 0.29) is 11.6 Å². The van der Waals surface area contributed by atoms with Crippen LogP contribution in [0.15, 0.2) is 0 Å². The normalized spacial score (nSPS) is 27.2. The second-order valence-electron chi connectivity index (χ2n) is 8.39. The number of rotatable bonds is 5. The molecule has 0 aromatic carbocycles. The van der Waals surface area contributed by atoms with E-state index in [4.69, 9.17) is 4.74 Å². The van der Waals surface area contributed by atoms with E-state index in [1.165, 1.54) is 25.7 Å². The molecule has 1 saturated heterocycles. The lowest BCUT2D eigenvalue weighted by Crippen LogP contribution is -2.56. The van der Waals surface area contributed by atoms with Crippen molar-refractivity contribution in [2.75, 3.05) is 19.7 Å². The molecule has 140 valence electrons. The molecule has 5 nitrogen and oxygen atoms in total. The molecule has 0 spiro atoms. The van der Waals surface area contributed by atoms with Crippen LogP contribution in [-0.4, -0.2) is 64.4 Å². The Balaban J connectivity index is 1.80. The SMILES string of the molecule is CCCO[C@H]1CC[C@@H](N2CCC(N(C(=O)O)C(C)(C)C)CC2)CC1. The first-order valence-electron chi connectivity index (χ1n) is 9.70. The van der Waals surface area contributed by atoms with Crippen LogP contribution in [0.5, 0.6) is 0 Å². The Labute approximate surface area is 147 Å². The molecule has 2 fully saturated rings. The molecule has 1 N–H and O–H groups in total. The summed E-state index contributed by atoms with van der Waals surface area (Å²) in [5, 5.41) is 9.57.